The van der Waals surface area contributed by atoms with Crippen LogP contribution in [0.2, 0.25) is 0 Å². The fraction of sp³-hybridized carbons (Fsp3) is 0.300. The number of amides is 1. The molecule has 0 saturated heterocycles. The first-order valence-electron chi connectivity index (χ1n) is 9.07. The van der Waals surface area contributed by atoms with Gasteiger partial charge in [0.2, 0.25) is 5.91 Å². The van der Waals surface area contributed by atoms with Crippen molar-refractivity contribution in [3.63, 3.8) is 0 Å². The number of rotatable bonds is 7. The summed E-state index contributed by atoms with van der Waals surface area (Å²) in [7, 11) is 0. The zero-order valence-electron chi connectivity index (χ0n) is 16.4. The van der Waals surface area contributed by atoms with Crippen LogP contribution in [0.3, 0.4) is 0 Å². The molecule has 3 rings (SSSR count). The normalized spacial score (nSPS) is 10.7. The second-order valence-corrected chi connectivity index (χ2v) is 6.58. The van der Waals surface area contributed by atoms with Gasteiger partial charge in [-0.25, -0.2) is 9.50 Å². The minimum Gasteiger partial charge on any atom is -0.457 e. The van der Waals surface area contributed by atoms with Crippen molar-refractivity contribution in [3.8, 4) is 0 Å². The number of aromatic nitrogens is 4. The number of carbonyl (C=O) groups is 3. The molecule has 29 heavy (non-hydrogen) atoms. The van der Waals surface area contributed by atoms with E-state index < -0.39 is 5.97 Å². The van der Waals surface area contributed by atoms with Gasteiger partial charge < -0.3 is 10.1 Å². The van der Waals surface area contributed by atoms with Crippen molar-refractivity contribution >= 4 is 29.1 Å². The Hall–Kier alpha value is -3.62. The molecule has 0 aliphatic heterocycles. The van der Waals surface area contributed by atoms with E-state index in [-0.39, 0.29) is 24.7 Å². The van der Waals surface area contributed by atoms with Crippen molar-refractivity contribution in [2.75, 3.05) is 11.9 Å². The highest BCUT2D eigenvalue weighted by molar-refractivity contribution is 5.98. The van der Waals surface area contributed by atoms with Gasteiger partial charge in [-0.1, -0.05) is 0 Å². The molecule has 1 amide bonds. The van der Waals surface area contributed by atoms with E-state index in [2.05, 4.69) is 20.4 Å². The summed E-state index contributed by atoms with van der Waals surface area (Å²) in [5.74, 6) is -0.459. The zero-order valence-corrected chi connectivity index (χ0v) is 16.4. The van der Waals surface area contributed by atoms with Gasteiger partial charge in [0.05, 0.1) is 0 Å². The number of ketones is 1. The lowest BCUT2D eigenvalue weighted by Gasteiger charge is -2.10. The third-order valence-corrected chi connectivity index (χ3v) is 4.46. The number of benzene rings is 1. The molecule has 150 valence electrons. The molecule has 0 fully saturated rings. The number of aryl methyl sites for hydroxylation is 2. The van der Waals surface area contributed by atoms with E-state index in [1.165, 1.54) is 13.3 Å². The number of anilines is 1. The van der Waals surface area contributed by atoms with Crippen molar-refractivity contribution in [2.45, 2.75) is 33.6 Å². The highest BCUT2D eigenvalue weighted by atomic mass is 16.5. The van der Waals surface area contributed by atoms with Gasteiger partial charge in [0.15, 0.2) is 12.4 Å². The second-order valence-electron chi connectivity index (χ2n) is 6.58. The molecule has 2 heterocycles. The molecular formula is C20H21N5O4. The van der Waals surface area contributed by atoms with Gasteiger partial charge in [0, 0.05) is 36.0 Å². The molecule has 0 aliphatic rings. The van der Waals surface area contributed by atoms with Crippen molar-refractivity contribution in [1.82, 2.24) is 19.6 Å². The number of carbonyl (C=O) groups excluding carboxylic acids is 3. The summed E-state index contributed by atoms with van der Waals surface area (Å²) in [4.78, 5) is 43.7. The molecule has 1 aromatic carbocycles. The number of nitrogens with one attached hydrogen (secondary N) is 1. The number of hydrogen-bond donors (Lipinski definition) is 1. The van der Waals surface area contributed by atoms with Crippen molar-refractivity contribution in [3.05, 3.63) is 53.1 Å². The fourth-order valence-electron chi connectivity index (χ4n) is 2.99. The lowest BCUT2D eigenvalue weighted by atomic mass is 10.1. The summed E-state index contributed by atoms with van der Waals surface area (Å²) in [6, 6.07) is 6.39. The molecular weight excluding hydrogens is 374 g/mol. The Bertz CT molecular complexity index is 1070. The van der Waals surface area contributed by atoms with Crippen LogP contribution in [0.25, 0.3) is 5.78 Å². The summed E-state index contributed by atoms with van der Waals surface area (Å²) < 4.78 is 6.74. The molecule has 2 aromatic heterocycles. The molecule has 0 atom stereocenters. The third kappa shape index (κ3) is 4.81. The minimum atomic E-state index is -0.467. The van der Waals surface area contributed by atoms with Crippen LogP contribution in [0.4, 0.5) is 5.69 Å². The maximum Gasteiger partial charge on any atom is 0.306 e. The number of fused-ring (bicyclic) bond motifs is 1. The maximum atomic E-state index is 12.2. The van der Waals surface area contributed by atoms with E-state index in [0.717, 1.165) is 17.0 Å². The SMILES string of the molecule is CC(=O)Nc1ccc(C(=O)COC(=O)CCc2c(C)nc3ncnn3c2C)cc1. The van der Waals surface area contributed by atoms with Crippen LogP contribution in [-0.2, 0) is 20.7 Å². The van der Waals surface area contributed by atoms with Gasteiger partial charge in [0.25, 0.3) is 5.78 Å². The van der Waals surface area contributed by atoms with Gasteiger partial charge in [-0.15, -0.1) is 0 Å². The Kier molecular flexibility index (Phi) is 5.96. The Balaban J connectivity index is 1.53. The highest BCUT2D eigenvalue weighted by Gasteiger charge is 2.14. The first-order valence-corrected chi connectivity index (χ1v) is 9.07. The lowest BCUT2D eigenvalue weighted by Crippen LogP contribution is -2.15. The van der Waals surface area contributed by atoms with Crippen LogP contribution in [0.1, 0.15) is 40.7 Å². The molecule has 9 nitrogen and oxygen atoms in total. The Morgan fingerprint density at radius 3 is 2.55 bits per heavy atom. The molecule has 0 unspecified atom stereocenters. The van der Waals surface area contributed by atoms with E-state index in [1.54, 1.807) is 28.8 Å². The van der Waals surface area contributed by atoms with Crippen LogP contribution in [-0.4, -0.2) is 43.8 Å². The second kappa shape index (κ2) is 8.59. The molecule has 0 bridgehead atoms. The fourth-order valence-corrected chi connectivity index (χ4v) is 2.99. The average Bonchev–Trinajstić information content (AvgIpc) is 3.14. The van der Waals surface area contributed by atoms with Crippen LogP contribution in [0, 0.1) is 13.8 Å². The molecule has 0 saturated carbocycles. The average molecular weight is 395 g/mol. The largest absolute Gasteiger partial charge is 0.457 e. The number of ether oxygens (including phenoxy) is 1. The summed E-state index contributed by atoms with van der Waals surface area (Å²) in [6.07, 6.45) is 1.98. The molecule has 9 heteroatoms. The van der Waals surface area contributed by atoms with Crippen LogP contribution >= 0.6 is 0 Å². The Morgan fingerprint density at radius 1 is 1.14 bits per heavy atom. The minimum absolute atomic E-state index is 0.123. The molecule has 3 aromatic rings. The van der Waals surface area contributed by atoms with Gasteiger partial charge >= 0.3 is 5.97 Å². The number of esters is 1. The third-order valence-electron chi connectivity index (χ3n) is 4.46. The van der Waals surface area contributed by atoms with E-state index in [0.29, 0.717) is 23.4 Å². The van der Waals surface area contributed by atoms with Crippen LogP contribution in [0.15, 0.2) is 30.6 Å². The molecule has 0 aliphatic carbocycles. The smallest absolute Gasteiger partial charge is 0.306 e. The maximum absolute atomic E-state index is 12.2. The summed E-state index contributed by atoms with van der Waals surface area (Å²) >= 11 is 0. The first-order chi connectivity index (χ1) is 13.8. The van der Waals surface area contributed by atoms with Crippen molar-refractivity contribution < 1.29 is 19.1 Å². The van der Waals surface area contributed by atoms with Gasteiger partial charge in [0.1, 0.15) is 6.33 Å². The zero-order chi connectivity index (χ0) is 21.0. The van der Waals surface area contributed by atoms with Gasteiger partial charge in [-0.2, -0.15) is 10.1 Å². The Labute approximate surface area is 167 Å². The van der Waals surface area contributed by atoms with E-state index in [9.17, 15) is 14.4 Å². The Morgan fingerprint density at radius 2 is 1.86 bits per heavy atom. The predicted molar refractivity (Wildman–Crippen MR) is 105 cm³/mol. The summed E-state index contributed by atoms with van der Waals surface area (Å²) in [5, 5.41) is 6.74. The quantitative estimate of drug-likeness (QED) is 0.481. The van der Waals surface area contributed by atoms with Gasteiger partial charge in [-0.05, 0) is 50.1 Å². The number of nitrogens with zero attached hydrogens (tertiary/aromatic N) is 4. The lowest BCUT2D eigenvalue weighted by molar-refractivity contribution is -0.142. The predicted octanol–water partition coefficient (Wildman–Crippen LogP) is 2.06. The monoisotopic (exact) mass is 395 g/mol. The summed E-state index contributed by atoms with van der Waals surface area (Å²) in [6.45, 7) is 4.82. The number of Topliss-reactive ketones (excluding diaryl/α,β-unsaturated/α-hetero) is 1. The van der Waals surface area contributed by atoms with Crippen LogP contribution in [0.5, 0.6) is 0 Å². The highest BCUT2D eigenvalue weighted by Crippen LogP contribution is 2.15. The van der Waals surface area contributed by atoms with Crippen LogP contribution < -0.4 is 5.32 Å². The summed E-state index contributed by atoms with van der Waals surface area (Å²) in [5.41, 5.74) is 3.55. The topological polar surface area (TPSA) is 116 Å². The van der Waals surface area contributed by atoms with E-state index in [4.69, 9.17) is 4.74 Å². The number of hydrogen-bond acceptors (Lipinski definition) is 7. The standard InChI is InChI=1S/C20H21N5O4/c1-12-17(13(2)25-20(23-12)21-11-22-25)8-9-19(28)29-10-18(27)15-4-6-16(7-5-15)24-14(3)26/h4-7,11H,8-10H2,1-3H3,(H,24,26). The molecule has 0 radical (unpaired) electrons. The van der Waals surface area contributed by atoms with E-state index in [1.807, 2.05) is 13.8 Å². The first kappa shape index (κ1) is 20.1. The van der Waals surface area contributed by atoms with Gasteiger partial charge in [-0.3, -0.25) is 14.4 Å². The van der Waals surface area contributed by atoms with E-state index >= 15 is 0 Å². The van der Waals surface area contributed by atoms with Crippen molar-refractivity contribution in [2.24, 2.45) is 0 Å². The molecule has 1 N–H and O–H groups in total. The van der Waals surface area contributed by atoms with Crippen molar-refractivity contribution in [1.29, 1.82) is 0 Å². The molecule has 0 spiro atoms.